The molecule has 27 heavy (non-hydrogen) atoms. The number of rotatable bonds is 10. The van der Waals surface area contributed by atoms with Gasteiger partial charge in [0.1, 0.15) is 0 Å². The van der Waals surface area contributed by atoms with Crippen LogP contribution in [0.4, 0.5) is 4.39 Å². The van der Waals surface area contributed by atoms with Gasteiger partial charge in [0.2, 0.25) is 5.88 Å². The van der Waals surface area contributed by atoms with Gasteiger partial charge in [0.25, 0.3) is 0 Å². The Morgan fingerprint density at radius 2 is 1.63 bits per heavy atom. The Labute approximate surface area is 161 Å². The smallest absolute Gasteiger partial charge is 0.213 e. The molecule has 0 fully saturated rings. The third-order valence-corrected chi connectivity index (χ3v) is 5.06. The molecule has 0 spiro atoms. The van der Waals surface area contributed by atoms with E-state index in [2.05, 4.69) is 18.8 Å². The van der Waals surface area contributed by atoms with Crippen LogP contribution >= 0.6 is 0 Å². The Morgan fingerprint density at radius 3 is 2.44 bits per heavy atom. The number of hydrogen-bond acceptors (Lipinski definition) is 3. The lowest BCUT2D eigenvalue weighted by molar-refractivity contribution is 0.289. The molecule has 3 nitrogen and oxygen atoms in total. The standard InChI is InChI=1S/C23H30FNO2/c1-3-5-7-8-16-26-21-13-10-17-18-11-14-22(27-15-6-4-2)25-20(18)12-9-19(17)23(21)24/h10-11,13-14H,3-9,12,15-16H2,1-2H3. The SMILES string of the molecule is CCCCCCOc1ccc2c(c1F)CCc1nc(OCCCC)ccc1-2. The molecule has 146 valence electrons. The topological polar surface area (TPSA) is 31.4 Å². The molecule has 0 bridgehead atoms. The van der Waals surface area contributed by atoms with Crippen LogP contribution in [0.1, 0.15) is 63.6 Å². The van der Waals surface area contributed by atoms with Gasteiger partial charge in [-0.05, 0) is 48.9 Å². The third-order valence-electron chi connectivity index (χ3n) is 5.06. The summed E-state index contributed by atoms with van der Waals surface area (Å²) in [6.45, 7) is 5.58. The lowest BCUT2D eigenvalue weighted by Crippen LogP contribution is -2.11. The van der Waals surface area contributed by atoms with Gasteiger partial charge in [-0.25, -0.2) is 9.37 Å². The highest BCUT2D eigenvalue weighted by molar-refractivity contribution is 5.73. The Kier molecular flexibility index (Phi) is 7.08. The highest BCUT2D eigenvalue weighted by Gasteiger charge is 2.23. The lowest BCUT2D eigenvalue weighted by Gasteiger charge is -2.21. The van der Waals surface area contributed by atoms with E-state index in [0.717, 1.165) is 54.5 Å². The number of fused-ring (bicyclic) bond motifs is 3. The molecule has 0 atom stereocenters. The quantitative estimate of drug-likeness (QED) is 0.471. The summed E-state index contributed by atoms with van der Waals surface area (Å²) in [6.07, 6.45) is 7.98. The molecule has 0 saturated heterocycles. The minimum atomic E-state index is -0.211. The monoisotopic (exact) mass is 371 g/mol. The summed E-state index contributed by atoms with van der Waals surface area (Å²) < 4.78 is 26.3. The molecule has 1 aromatic carbocycles. The first-order chi connectivity index (χ1) is 13.2. The number of nitrogens with zero attached hydrogens (tertiary/aromatic N) is 1. The van der Waals surface area contributed by atoms with E-state index in [4.69, 9.17) is 9.47 Å². The van der Waals surface area contributed by atoms with Gasteiger partial charge < -0.3 is 9.47 Å². The van der Waals surface area contributed by atoms with Crippen molar-refractivity contribution in [3.63, 3.8) is 0 Å². The normalized spacial score (nSPS) is 12.4. The van der Waals surface area contributed by atoms with Crippen molar-refractivity contribution in [2.24, 2.45) is 0 Å². The van der Waals surface area contributed by atoms with E-state index >= 15 is 0 Å². The zero-order valence-electron chi connectivity index (χ0n) is 16.5. The summed E-state index contributed by atoms with van der Waals surface area (Å²) in [4.78, 5) is 4.64. The molecule has 2 aromatic rings. The number of aromatic nitrogens is 1. The molecule has 1 heterocycles. The summed E-state index contributed by atoms with van der Waals surface area (Å²) in [6, 6.07) is 7.62. The largest absolute Gasteiger partial charge is 0.491 e. The number of aryl methyl sites for hydroxylation is 1. The number of pyridine rings is 1. The summed E-state index contributed by atoms with van der Waals surface area (Å²) >= 11 is 0. The highest BCUT2D eigenvalue weighted by atomic mass is 19.1. The van der Waals surface area contributed by atoms with Crippen LogP contribution in [0.5, 0.6) is 11.6 Å². The summed E-state index contributed by atoms with van der Waals surface area (Å²) in [5.74, 6) is 0.830. The maximum absolute atomic E-state index is 14.9. The van der Waals surface area contributed by atoms with Crippen LogP contribution < -0.4 is 9.47 Å². The number of benzene rings is 1. The van der Waals surface area contributed by atoms with E-state index in [1.54, 1.807) is 6.07 Å². The average Bonchev–Trinajstić information content (AvgIpc) is 2.69. The van der Waals surface area contributed by atoms with Crippen molar-refractivity contribution >= 4 is 0 Å². The molecule has 4 heteroatoms. The Balaban J connectivity index is 1.72. The molecule has 0 aliphatic heterocycles. The van der Waals surface area contributed by atoms with Gasteiger partial charge in [-0.1, -0.05) is 45.6 Å². The third kappa shape index (κ3) is 4.79. The molecule has 1 aromatic heterocycles. The maximum atomic E-state index is 14.9. The van der Waals surface area contributed by atoms with E-state index in [-0.39, 0.29) is 5.82 Å². The van der Waals surface area contributed by atoms with Crippen molar-refractivity contribution in [3.8, 4) is 22.8 Å². The average molecular weight is 371 g/mol. The van der Waals surface area contributed by atoms with Crippen molar-refractivity contribution < 1.29 is 13.9 Å². The Hall–Kier alpha value is -2.10. The minimum absolute atomic E-state index is 0.211. The molecular formula is C23H30FNO2. The van der Waals surface area contributed by atoms with Crippen LogP contribution in [0, 0.1) is 5.82 Å². The van der Waals surface area contributed by atoms with Gasteiger partial charge >= 0.3 is 0 Å². The first kappa shape index (κ1) is 19.7. The molecule has 0 saturated carbocycles. The molecule has 1 aliphatic carbocycles. The van der Waals surface area contributed by atoms with Crippen molar-refractivity contribution in [2.45, 2.75) is 65.2 Å². The fourth-order valence-corrected chi connectivity index (χ4v) is 3.48. The van der Waals surface area contributed by atoms with E-state index < -0.39 is 0 Å². The zero-order valence-corrected chi connectivity index (χ0v) is 16.5. The van der Waals surface area contributed by atoms with Gasteiger partial charge in [0.15, 0.2) is 11.6 Å². The van der Waals surface area contributed by atoms with E-state index in [1.165, 1.54) is 12.8 Å². The van der Waals surface area contributed by atoms with Gasteiger partial charge in [-0.2, -0.15) is 0 Å². The summed E-state index contributed by atoms with van der Waals surface area (Å²) in [7, 11) is 0. The molecule has 1 aliphatic rings. The van der Waals surface area contributed by atoms with Crippen molar-refractivity contribution in [1.82, 2.24) is 4.98 Å². The first-order valence-electron chi connectivity index (χ1n) is 10.3. The van der Waals surface area contributed by atoms with E-state index in [1.807, 2.05) is 18.2 Å². The fraction of sp³-hybridized carbons (Fsp3) is 0.522. The van der Waals surface area contributed by atoms with Crippen LogP contribution in [0.3, 0.4) is 0 Å². The van der Waals surface area contributed by atoms with Gasteiger partial charge in [-0.15, -0.1) is 0 Å². The first-order valence-corrected chi connectivity index (χ1v) is 10.3. The predicted molar refractivity (Wildman–Crippen MR) is 107 cm³/mol. The number of ether oxygens (including phenoxy) is 2. The van der Waals surface area contributed by atoms with Crippen LogP contribution in [-0.4, -0.2) is 18.2 Å². The highest BCUT2D eigenvalue weighted by Crippen LogP contribution is 2.38. The Bertz CT molecular complexity index is 760. The number of unbranched alkanes of at least 4 members (excludes halogenated alkanes) is 4. The fourth-order valence-electron chi connectivity index (χ4n) is 3.48. The number of hydrogen-bond donors (Lipinski definition) is 0. The second kappa shape index (κ2) is 9.72. The lowest BCUT2D eigenvalue weighted by atomic mass is 9.88. The van der Waals surface area contributed by atoms with Gasteiger partial charge in [0.05, 0.1) is 18.9 Å². The summed E-state index contributed by atoms with van der Waals surface area (Å²) in [5, 5.41) is 0. The predicted octanol–water partition coefficient (Wildman–Crippen LogP) is 6.12. The Morgan fingerprint density at radius 1 is 0.852 bits per heavy atom. The van der Waals surface area contributed by atoms with Crippen molar-refractivity contribution in [3.05, 3.63) is 41.3 Å². The van der Waals surface area contributed by atoms with Crippen molar-refractivity contribution in [2.75, 3.05) is 13.2 Å². The van der Waals surface area contributed by atoms with Crippen LogP contribution in [-0.2, 0) is 12.8 Å². The number of halogens is 1. The molecular weight excluding hydrogens is 341 g/mol. The molecule has 0 unspecified atom stereocenters. The second-order valence-corrected chi connectivity index (χ2v) is 7.16. The van der Waals surface area contributed by atoms with Crippen LogP contribution in [0.15, 0.2) is 24.3 Å². The summed E-state index contributed by atoms with van der Waals surface area (Å²) in [5.41, 5.74) is 3.67. The van der Waals surface area contributed by atoms with E-state index in [9.17, 15) is 4.39 Å². The molecule has 0 radical (unpaired) electrons. The molecule has 3 rings (SSSR count). The van der Waals surface area contributed by atoms with Gasteiger partial charge in [-0.3, -0.25) is 0 Å². The second-order valence-electron chi connectivity index (χ2n) is 7.16. The maximum Gasteiger partial charge on any atom is 0.213 e. The molecule has 0 N–H and O–H groups in total. The van der Waals surface area contributed by atoms with E-state index in [0.29, 0.717) is 31.3 Å². The van der Waals surface area contributed by atoms with Crippen molar-refractivity contribution in [1.29, 1.82) is 0 Å². The van der Waals surface area contributed by atoms with Crippen LogP contribution in [0.25, 0.3) is 11.1 Å². The minimum Gasteiger partial charge on any atom is -0.491 e. The van der Waals surface area contributed by atoms with Crippen LogP contribution in [0.2, 0.25) is 0 Å². The molecule has 0 amide bonds. The van der Waals surface area contributed by atoms with Gasteiger partial charge in [0, 0.05) is 11.6 Å². The zero-order chi connectivity index (χ0) is 19.1.